The third kappa shape index (κ3) is 5.11. The molecule has 2 amide bonds. The summed E-state index contributed by atoms with van der Waals surface area (Å²) in [5.41, 5.74) is 0.759. The van der Waals surface area contributed by atoms with Crippen LogP contribution in [0.3, 0.4) is 0 Å². The molecule has 1 heterocycles. The van der Waals surface area contributed by atoms with Crippen molar-refractivity contribution in [2.45, 2.75) is 6.42 Å². The highest BCUT2D eigenvalue weighted by molar-refractivity contribution is 9.11. The fourth-order valence-electron chi connectivity index (χ4n) is 2.13. The van der Waals surface area contributed by atoms with Crippen molar-refractivity contribution in [2.75, 3.05) is 26.9 Å². The van der Waals surface area contributed by atoms with Gasteiger partial charge in [0.15, 0.2) is 0 Å². The van der Waals surface area contributed by atoms with Gasteiger partial charge in [-0.1, -0.05) is 5.92 Å². The maximum Gasteiger partial charge on any atom is 0.293 e. The number of carbonyl (C=O) groups excluding carboxylic acids is 2. The lowest BCUT2D eigenvalue weighted by Crippen LogP contribution is -2.29. The van der Waals surface area contributed by atoms with Gasteiger partial charge in [-0.05, 0) is 73.8 Å². The van der Waals surface area contributed by atoms with E-state index in [1.807, 2.05) is 0 Å². The Kier molecular flexibility index (Phi) is 7.56. The molecule has 1 aromatic rings. The molecule has 0 saturated carbocycles. The number of nitrogens with zero attached hydrogens (tertiary/aromatic N) is 1. The van der Waals surface area contributed by atoms with Crippen LogP contribution in [-0.4, -0.2) is 42.9 Å². The molecule has 1 aromatic carbocycles. The standard InChI is InChI=1S/C17H15Br2NO4S/c1-3-6-24-15-12(18)8-11(9-13(15)19)10-14-16(21)20(17(22)25-14)5-4-7-23-2/h1,8-10H,4-7H2,2H3/b14-10+. The summed E-state index contributed by atoms with van der Waals surface area (Å²) in [6.07, 6.45) is 7.49. The first-order valence-corrected chi connectivity index (χ1v) is 9.67. The maximum absolute atomic E-state index is 12.4. The van der Waals surface area contributed by atoms with Crippen LogP contribution in [0, 0.1) is 12.3 Å². The Morgan fingerprint density at radius 3 is 2.60 bits per heavy atom. The summed E-state index contributed by atoms with van der Waals surface area (Å²) in [7, 11) is 1.58. The zero-order chi connectivity index (χ0) is 18.4. The second-order valence-electron chi connectivity index (χ2n) is 4.99. The Bertz CT molecular complexity index is 735. The van der Waals surface area contributed by atoms with Crippen LogP contribution in [0.2, 0.25) is 0 Å². The van der Waals surface area contributed by atoms with E-state index in [-0.39, 0.29) is 17.8 Å². The van der Waals surface area contributed by atoms with Crippen LogP contribution in [0.5, 0.6) is 5.75 Å². The van der Waals surface area contributed by atoms with Gasteiger partial charge < -0.3 is 9.47 Å². The number of methoxy groups -OCH3 is 1. The molecule has 0 atom stereocenters. The van der Waals surface area contributed by atoms with Crippen molar-refractivity contribution in [3.8, 4) is 18.1 Å². The molecule has 1 aliphatic rings. The van der Waals surface area contributed by atoms with E-state index in [0.29, 0.717) is 39.2 Å². The third-order valence-corrected chi connectivity index (χ3v) is 5.31. The number of thioether (sulfide) groups is 1. The van der Waals surface area contributed by atoms with E-state index in [4.69, 9.17) is 15.9 Å². The minimum absolute atomic E-state index is 0.150. The van der Waals surface area contributed by atoms with Gasteiger partial charge in [-0.3, -0.25) is 14.5 Å². The van der Waals surface area contributed by atoms with Gasteiger partial charge in [0.2, 0.25) is 0 Å². The largest absolute Gasteiger partial charge is 0.479 e. The minimum atomic E-state index is -0.286. The number of ether oxygens (including phenoxy) is 2. The van der Waals surface area contributed by atoms with E-state index >= 15 is 0 Å². The Labute approximate surface area is 167 Å². The lowest BCUT2D eigenvalue weighted by Gasteiger charge is -2.11. The van der Waals surface area contributed by atoms with Crippen LogP contribution in [-0.2, 0) is 9.53 Å². The molecule has 1 saturated heterocycles. The Balaban J connectivity index is 2.19. The molecular weight excluding hydrogens is 474 g/mol. The fourth-order valence-corrected chi connectivity index (χ4v) is 4.44. The quantitative estimate of drug-likeness (QED) is 0.325. The molecule has 2 rings (SSSR count). The molecular formula is C17H15Br2NO4S. The second-order valence-corrected chi connectivity index (χ2v) is 7.69. The zero-order valence-corrected chi connectivity index (χ0v) is 17.4. The molecule has 0 unspecified atom stereocenters. The molecule has 25 heavy (non-hydrogen) atoms. The van der Waals surface area contributed by atoms with Crippen molar-refractivity contribution >= 4 is 60.8 Å². The molecule has 1 aliphatic heterocycles. The van der Waals surface area contributed by atoms with Crippen LogP contribution in [0.1, 0.15) is 12.0 Å². The molecule has 0 bridgehead atoms. The van der Waals surface area contributed by atoms with Gasteiger partial charge in [0.05, 0.1) is 13.9 Å². The highest BCUT2D eigenvalue weighted by atomic mass is 79.9. The van der Waals surface area contributed by atoms with Gasteiger partial charge in [-0.25, -0.2) is 0 Å². The SMILES string of the molecule is C#CCOc1c(Br)cc(/C=C2/SC(=O)N(CCCOC)C2=O)cc1Br. The maximum atomic E-state index is 12.4. The molecule has 1 fully saturated rings. The van der Waals surface area contributed by atoms with E-state index in [1.54, 1.807) is 25.3 Å². The summed E-state index contributed by atoms with van der Waals surface area (Å²) in [5.74, 6) is 2.70. The van der Waals surface area contributed by atoms with Gasteiger partial charge in [-0.15, -0.1) is 6.42 Å². The van der Waals surface area contributed by atoms with Crippen LogP contribution >= 0.6 is 43.6 Å². The second kappa shape index (κ2) is 9.43. The van der Waals surface area contributed by atoms with Crippen LogP contribution < -0.4 is 4.74 Å². The topological polar surface area (TPSA) is 55.8 Å². The number of hydrogen-bond donors (Lipinski definition) is 0. The van der Waals surface area contributed by atoms with E-state index in [9.17, 15) is 9.59 Å². The minimum Gasteiger partial charge on any atom is -0.479 e. The normalized spacial score (nSPS) is 15.8. The van der Waals surface area contributed by atoms with Gasteiger partial charge in [0, 0.05) is 20.3 Å². The number of carbonyl (C=O) groups is 2. The fraction of sp³-hybridized carbons (Fsp3) is 0.294. The molecule has 5 nitrogen and oxygen atoms in total. The number of imide groups is 1. The Hall–Kier alpha value is -1.27. The van der Waals surface area contributed by atoms with E-state index < -0.39 is 0 Å². The number of amides is 2. The Morgan fingerprint density at radius 1 is 1.32 bits per heavy atom. The zero-order valence-electron chi connectivity index (χ0n) is 13.4. The number of rotatable bonds is 7. The molecule has 8 heteroatoms. The van der Waals surface area contributed by atoms with Crippen molar-refractivity contribution in [3.63, 3.8) is 0 Å². The van der Waals surface area contributed by atoms with Gasteiger partial charge in [-0.2, -0.15) is 0 Å². The lowest BCUT2D eigenvalue weighted by molar-refractivity contribution is -0.122. The van der Waals surface area contributed by atoms with Crippen molar-refractivity contribution < 1.29 is 19.1 Å². The lowest BCUT2D eigenvalue weighted by atomic mass is 10.2. The third-order valence-electron chi connectivity index (χ3n) is 3.22. The Morgan fingerprint density at radius 2 is 2.00 bits per heavy atom. The van der Waals surface area contributed by atoms with Crippen molar-refractivity contribution in [2.24, 2.45) is 0 Å². The average Bonchev–Trinajstić information content (AvgIpc) is 2.82. The highest BCUT2D eigenvalue weighted by Crippen LogP contribution is 2.37. The molecule has 0 aromatic heterocycles. The van der Waals surface area contributed by atoms with E-state index in [1.165, 1.54) is 4.90 Å². The molecule has 0 N–H and O–H groups in total. The number of terminal acetylenes is 1. The first kappa shape index (κ1) is 20.0. The van der Waals surface area contributed by atoms with E-state index in [0.717, 1.165) is 17.3 Å². The van der Waals surface area contributed by atoms with Crippen LogP contribution in [0.25, 0.3) is 6.08 Å². The first-order chi connectivity index (χ1) is 12.0. The smallest absolute Gasteiger partial charge is 0.293 e. The number of benzene rings is 1. The van der Waals surface area contributed by atoms with Crippen LogP contribution in [0.4, 0.5) is 4.79 Å². The van der Waals surface area contributed by atoms with Crippen molar-refractivity contribution in [3.05, 3.63) is 31.5 Å². The molecule has 132 valence electrons. The molecule has 0 spiro atoms. The van der Waals surface area contributed by atoms with Gasteiger partial charge >= 0.3 is 0 Å². The van der Waals surface area contributed by atoms with Crippen molar-refractivity contribution in [1.29, 1.82) is 0 Å². The number of hydrogen-bond acceptors (Lipinski definition) is 5. The average molecular weight is 489 g/mol. The molecule has 0 aliphatic carbocycles. The monoisotopic (exact) mass is 487 g/mol. The number of halogens is 2. The summed E-state index contributed by atoms with van der Waals surface area (Å²) in [6, 6.07) is 3.60. The summed E-state index contributed by atoms with van der Waals surface area (Å²) in [4.78, 5) is 26.0. The first-order valence-electron chi connectivity index (χ1n) is 7.27. The van der Waals surface area contributed by atoms with Crippen molar-refractivity contribution in [1.82, 2.24) is 4.90 Å². The summed E-state index contributed by atoms with van der Waals surface area (Å²) in [6.45, 7) is 0.999. The summed E-state index contributed by atoms with van der Waals surface area (Å²) < 4.78 is 11.8. The van der Waals surface area contributed by atoms with Gasteiger partial charge in [0.1, 0.15) is 12.4 Å². The van der Waals surface area contributed by atoms with Crippen LogP contribution in [0.15, 0.2) is 26.0 Å². The summed E-state index contributed by atoms with van der Waals surface area (Å²) in [5, 5.41) is -0.264. The predicted molar refractivity (Wildman–Crippen MR) is 105 cm³/mol. The highest BCUT2D eigenvalue weighted by Gasteiger charge is 2.34. The van der Waals surface area contributed by atoms with E-state index in [2.05, 4.69) is 37.8 Å². The van der Waals surface area contributed by atoms with Gasteiger partial charge in [0.25, 0.3) is 11.1 Å². The molecule has 0 radical (unpaired) electrons. The summed E-state index contributed by atoms with van der Waals surface area (Å²) >= 11 is 7.78. The predicted octanol–water partition coefficient (Wildman–Crippen LogP) is 4.30.